The molecule has 0 aliphatic carbocycles. The molecule has 0 amide bonds. The van der Waals surface area contributed by atoms with Gasteiger partial charge in [-0.15, -0.1) is 0 Å². The number of halogens is 1. The number of hydrogen-bond donors (Lipinski definition) is 1. The van der Waals surface area contributed by atoms with Crippen LogP contribution in [0.1, 0.15) is 6.92 Å². The predicted octanol–water partition coefficient (Wildman–Crippen LogP) is 2.49. The zero-order valence-corrected chi connectivity index (χ0v) is 17.7. The fraction of sp³-hybridized carbons (Fsp3) is 0.200. The summed E-state index contributed by atoms with van der Waals surface area (Å²) >= 11 is 5.81. The van der Waals surface area contributed by atoms with Crippen LogP contribution in [-0.4, -0.2) is 42.9 Å². The smallest absolute Gasteiger partial charge is 0.293 e. The Morgan fingerprint density at radius 2 is 1.87 bits per heavy atom. The van der Waals surface area contributed by atoms with Crippen LogP contribution in [0, 0.1) is 0 Å². The van der Waals surface area contributed by atoms with E-state index in [1.165, 1.54) is 49.8 Å². The largest absolute Gasteiger partial charge is 0.493 e. The summed E-state index contributed by atoms with van der Waals surface area (Å²) in [6.07, 6.45) is 1.92. The van der Waals surface area contributed by atoms with Gasteiger partial charge in [0, 0.05) is 23.5 Å². The van der Waals surface area contributed by atoms with Crippen LogP contribution in [0.5, 0.6) is 11.5 Å². The number of ether oxygens (including phenoxy) is 2. The topological polar surface area (TPSA) is 108 Å². The molecule has 3 rings (SSSR count). The molecular weight excluding hydrogens is 432 g/mol. The fourth-order valence-electron chi connectivity index (χ4n) is 2.64. The molecule has 8 nitrogen and oxygen atoms in total. The molecule has 0 aliphatic rings. The third kappa shape index (κ3) is 4.48. The van der Waals surface area contributed by atoms with Crippen molar-refractivity contribution in [3.8, 4) is 17.2 Å². The highest BCUT2D eigenvalue weighted by molar-refractivity contribution is 7.91. The average Bonchev–Trinajstić information content (AvgIpc) is 2.72. The first-order valence-electron chi connectivity index (χ1n) is 8.81. The summed E-state index contributed by atoms with van der Waals surface area (Å²) in [5, 5.41) is 9.14. The fourth-order valence-corrected chi connectivity index (χ4v) is 4.01. The Bertz CT molecular complexity index is 1210. The molecule has 1 atom stereocenters. The van der Waals surface area contributed by atoms with E-state index in [0.29, 0.717) is 22.2 Å². The van der Waals surface area contributed by atoms with Gasteiger partial charge in [0.15, 0.2) is 11.5 Å². The lowest BCUT2D eigenvalue weighted by Crippen LogP contribution is -2.26. The van der Waals surface area contributed by atoms with Gasteiger partial charge >= 0.3 is 0 Å². The van der Waals surface area contributed by atoms with E-state index >= 15 is 0 Å². The quantitative estimate of drug-likeness (QED) is 0.589. The van der Waals surface area contributed by atoms with Crippen LogP contribution in [-0.2, 0) is 9.84 Å². The van der Waals surface area contributed by atoms with Gasteiger partial charge in [0.25, 0.3) is 5.56 Å². The van der Waals surface area contributed by atoms with Crippen LogP contribution in [0.3, 0.4) is 0 Å². The maximum absolute atomic E-state index is 12.9. The lowest BCUT2D eigenvalue weighted by Gasteiger charge is -2.14. The van der Waals surface area contributed by atoms with Crippen LogP contribution in [0.4, 0.5) is 0 Å². The third-order valence-corrected chi connectivity index (χ3v) is 6.03. The lowest BCUT2D eigenvalue weighted by molar-refractivity contribution is 0.120. The third-order valence-electron chi connectivity index (χ3n) is 4.09. The summed E-state index contributed by atoms with van der Waals surface area (Å²) < 4.78 is 37.7. The number of sulfone groups is 1. The first-order chi connectivity index (χ1) is 14.2. The summed E-state index contributed by atoms with van der Waals surface area (Å²) in [4.78, 5) is 16.7. The van der Waals surface area contributed by atoms with Crippen molar-refractivity contribution in [1.29, 1.82) is 0 Å². The van der Waals surface area contributed by atoms with Crippen molar-refractivity contribution in [2.75, 3.05) is 13.7 Å². The van der Waals surface area contributed by atoms with Crippen LogP contribution >= 0.6 is 11.6 Å². The standard InChI is InChI=1S/C20H19ClN2O6S/c1-13(24)12-29-17-8-5-15(11-18(17)28-2)23-10-9-22-19(20(23)25)30(26,27)16-6-3-14(21)4-7-16/h3-11,13,24H,12H2,1-2H3/t13-/m1/s1. The van der Waals surface area contributed by atoms with Crippen molar-refractivity contribution >= 4 is 21.4 Å². The number of aliphatic hydroxyl groups is 1. The first-order valence-corrected chi connectivity index (χ1v) is 10.7. The number of benzene rings is 2. The summed E-state index contributed by atoms with van der Waals surface area (Å²) in [5.41, 5.74) is -0.455. The number of aliphatic hydroxyl groups excluding tert-OH is 1. The summed E-state index contributed by atoms with van der Waals surface area (Å²) in [5.74, 6) is 0.692. The molecule has 0 unspecified atom stereocenters. The Kier molecular flexibility index (Phi) is 6.45. The van der Waals surface area contributed by atoms with Crippen LogP contribution in [0.15, 0.2) is 69.6 Å². The maximum atomic E-state index is 12.9. The molecule has 0 bridgehead atoms. The van der Waals surface area contributed by atoms with E-state index in [1.807, 2.05) is 0 Å². The molecule has 0 aliphatic heterocycles. The van der Waals surface area contributed by atoms with Crippen molar-refractivity contribution in [2.24, 2.45) is 0 Å². The second-order valence-corrected chi connectivity index (χ2v) is 8.66. The van der Waals surface area contributed by atoms with Crippen LogP contribution < -0.4 is 15.0 Å². The Labute approximate surface area is 178 Å². The molecule has 3 aromatic rings. The van der Waals surface area contributed by atoms with E-state index in [4.69, 9.17) is 21.1 Å². The van der Waals surface area contributed by atoms with E-state index < -0.39 is 26.5 Å². The predicted molar refractivity (Wildman–Crippen MR) is 110 cm³/mol. The maximum Gasteiger partial charge on any atom is 0.293 e. The van der Waals surface area contributed by atoms with E-state index in [1.54, 1.807) is 19.1 Å². The number of nitrogens with zero attached hydrogens (tertiary/aromatic N) is 2. The molecule has 1 N–H and O–H groups in total. The van der Waals surface area contributed by atoms with Gasteiger partial charge in [-0.05, 0) is 43.3 Å². The van der Waals surface area contributed by atoms with Crippen molar-refractivity contribution in [2.45, 2.75) is 22.9 Å². The van der Waals surface area contributed by atoms with Gasteiger partial charge in [0.1, 0.15) is 6.61 Å². The van der Waals surface area contributed by atoms with E-state index in [-0.39, 0.29) is 11.5 Å². The molecule has 0 radical (unpaired) electrons. The lowest BCUT2D eigenvalue weighted by atomic mass is 10.2. The Balaban J connectivity index is 2.05. The van der Waals surface area contributed by atoms with Crippen LogP contribution in [0.25, 0.3) is 5.69 Å². The van der Waals surface area contributed by atoms with Gasteiger partial charge in [-0.1, -0.05) is 11.6 Å². The Morgan fingerprint density at radius 3 is 2.50 bits per heavy atom. The molecule has 10 heteroatoms. The van der Waals surface area contributed by atoms with Gasteiger partial charge in [-0.25, -0.2) is 13.4 Å². The van der Waals surface area contributed by atoms with Crippen LogP contribution in [0.2, 0.25) is 5.02 Å². The van der Waals surface area contributed by atoms with Gasteiger partial charge in [-0.3, -0.25) is 9.36 Å². The van der Waals surface area contributed by atoms with Crippen molar-refractivity contribution in [1.82, 2.24) is 9.55 Å². The van der Waals surface area contributed by atoms with Gasteiger partial charge in [-0.2, -0.15) is 0 Å². The molecule has 0 spiro atoms. The summed E-state index contributed by atoms with van der Waals surface area (Å²) in [6, 6.07) is 10.1. The first kappa shape index (κ1) is 21.8. The zero-order chi connectivity index (χ0) is 21.9. The van der Waals surface area contributed by atoms with E-state index in [0.717, 1.165) is 4.57 Å². The summed E-state index contributed by atoms with van der Waals surface area (Å²) in [6.45, 7) is 1.65. The molecule has 0 saturated carbocycles. The number of hydrogen-bond acceptors (Lipinski definition) is 7. The van der Waals surface area contributed by atoms with E-state index in [2.05, 4.69) is 4.98 Å². The van der Waals surface area contributed by atoms with E-state index in [9.17, 15) is 18.3 Å². The Morgan fingerprint density at radius 1 is 1.17 bits per heavy atom. The van der Waals surface area contributed by atoms with Crippen molar-refractivity contribution < 1.29 is 23.0 Å². The minimum absolute atomic E-state index is 0.0639. The highest BCUT2D eigenvalue weighted by Gasteiger charge is 2.24. The Hall–Kier alpha value is -2.88. The molecule has 0 saturated heterocycles. The SMILES string of the molecule is COc1cc(-n2ccnc(S(=O)(=O)c3ccc(Cl)cc3)c2=O)ccc1OC[C@@H](C)O. The highest BCUT2D eigenvalue weighted by Crippen LogP contribution is 2.29. The van der Waals surface area contributed by atoms with Gasteiger partial charge < -0.3 is 14.6 Å². The van der Waals surface area contributed by atoms with Crippen molar-refractivity contribution in [3.63, 3.8) is 0 Å². The number of methoxy groups -OCH3 is 1. The second kappa shape index (κ2) is 8.86. The normalized spacial score (nSPS) is 12.4. The van der Waals surface area contributed by atoms with Crippen molar-refractivity contribution in [3.05, 3.63) is 70.2 Å². The van der Waals surface area contributed by atoms with Gasteiger partial charge in [0.05, 0.1) is 23.8 Å². The number of aromatic nitrogens is 2. The molecule has 158 valence electrons. The number of rotatable bonds is 7. The average molecular weight is 451 g/mol. The molecule has 1 heterocycles. The monoisotopic (exact) mass is 450 g/mol. The van der Waals surface area contributed by atoms with Gasteiger partial charge in [0.2, 0.25) is 14.9 Å². The molecule has 30 heavy (non-hydrogen) atoms. The highest BCUT2D eigenvalue weighted by atomic mass is 35.5. The minimum atomic E-state index is -4.15. The second-order valence-electron chi connectivity index (χ2n) is 6.36. The minimum Gasteiger partial charge on any atom is -0.493 e. The molecule has 0 fully saturated rings. The zero-order valence-electron chi connectivity index (χ0n) is 16.1. The molecule has 2 aromatic carbocycles. The molecule has 1 aromatic heterocycles. The molecular formula is C20H19ClN2O6S. The summed E-state index contributed by atoms with van der Waals surface area (Å²) in [7, 11) is -2.72.